The highest BCUT2D eigenvalue weighted by Gasteiger charge is 2.26. The average molecular weight is 255 g/mol. The first kappa shape index (κ1) is 11.7. The fourth-order valence-corrected chi connectivity index (χ4v) is 2.77. The van der Waals surface area contributed by atoms with Crippen LogP contribution in [0, 0.1) is 0 Å². The van der Waals surface area contributed by atoms with Crippen molar-refractivity contribution in [2.75, 3.05) is 5.75 Å². The molecule has 0 radical (unpaired) electrons. The van der Waals surface area contributed by atoms with E-state index in [2.05, 4.69) is 0 Å². The molecular formula is C10H9NO5S. The van der Waals surface area contributed by atoms with Crippen molar-refractivity contribution in [3.05, 3.63) is 33.2 Å². The molecule has 0 spiro atoms. The van der Waals surface area contributed by atoms with Gasteiger partial charge in [-0.1, -0.05) is 0 Å². The van der Waals surface area contributed by atoms with Gasteiger partial charge in [0.15, 0.2) is 0 Å². The molecule has 0 unspecified atom stereocenters. The van der Waals surface area contributed by atoms with Crippen LogP contribution in [0.15, 0.2) is 10.9 Å². The van der Waals surface area contributed by atoms with E-state index < -0.39 is 23.1 Å². The first-order valence-electron chi connectivity index (χ1n) is 4.83. The molecule has 0 aliphatic carbocycles. The van der Waals surface area contributed by atoms with Crippen molar-refractivity contribution in [3.8, 4) is 0 Å². The fraction of sp³-hybridized carbons (Fsp3) is 0.300. The van der Waals surface area contributed by atoms with Crippen LogP contribution in [0.4, 0.5) is 0 Å². The predicted molar refractivity (Wildman–Crippen MR) is 60.8 cm³/mol. The molecule has 2 N–H and O–H groups in total. The lowest BCUT2D eigenvalue weighted by atomic mass is 10.1. The maximum Gasteiger partial charge on any atom is 0.338 e. The van der Waals surface area contributed by atoms with Crippen LogP contribution in [0.2, 0.25) is 0 Å². The number of aromatic carboxylic acids is 2. The number of hydrogen-bond acceptors (Lipinski definition) is 4. The van der Waals surface area contributed by atoms with E-state index in [1.807, 2.05) is 0 Å². The molecule has 0 aromatic carbocycles. The van der Waals surface area contributed by atoms with Gasteiger partial charge in [-0.05, 0) is 0 Å². The van der Waals surface area contributed by atoms with Gasteiger partial charge in [0.2, 0.25) is 0 Å². The van der Waals surface area contributed by atoms with E-state index in [-0.39, 0.29) is 5.56 Å². The van der Waals surface area contributed by atoms with Gasteiger partial charge in [-0.2, -0.15) is 11.8 Å². The van der Waals surface area contributed by atoms with E-state index in [0.29, 0.717) is 18.0 Å². The molecule has 0 fully saturated rings. The number of pyridine rings is 1. The van der Waals surface area contributed by atoms with Crippen molar-refractivity contribution in [2.24, 2.45) is 0 Å². The summed E-state index contributed by atoms with van der Waals surface area (Å²) in [5.74, 6) is -1.64. The minimum absolute atomic E-state index is 0.274. The molecule has 1 aromatic heterocycles. The highest BCUT2D eigenvalue weighted by atomic mass is 32.2. The van der Waals surface area contributed by atoms with Crippen molar-refractivity contribution in [2.45, 2.75) is 12.3 Å². The predicted octanol–water partition coefficient (Wildman–Crippen LogP) is 0.491. The van der Waals surface area contributed by atoms with Crippen LogP contribution in [0.1, 0.15) is 26.4 Å². The standard InChI is InChI=1S/C10H9NO5S/c12-7-3-5(9(13)14)8(10(15)16)6-4-17-2-1-11(6)7/h3H,1-2,4H2,(H,13,14)(H,15,16). The number of aromatic nitrogens is 1. The third-order valence-corrected chi connectivity index (χ3v) is 3.51. The number of carboxylic acids is 2. The number of rotatable bonds is 2. The highest BCUT2D eigenvalue weighted by Crippen LogP contribution is 2.23. The van der Waals surface area contributed by atoms with Gasteiger partial charge < -0.3 is 14.8 Å². The molecule has 0 atom stereocenters. The van der Waals surface area contributed by atoms with Gasteiger partial charge in [0.05, 0.1) is 11.1 Å². The second-order valence-electron chi connectivity index (χ2n) is 3.53. The molecule has 6 nitrogen and oxygen atoms in total. The Bertz CT molecular complexity index is 563. The van der Waals surface area contributed by atoms with E-state index in [9.17, 15) is 14.4 Å². The Morgan fingerprint density at radius 2 is 2.00 bits per heavy atom. The van der Waals surface area contributed by atoms with E-state index >= 15 is 0 Å². The van der Waals surface area contributed by atoms with Crippen molar-refractivity contribution in [1.82, 2.24) is 4.57 Å². The Balaban J connectivity index is 2.80. The van der Waals surface area contributed by atoms with E-state index in [1.165, 1.54) is 16.3 Å². The van der Waals surface area contributed by atoms with Gasteiger partial charge in [0.1, 0.15) is 0 Å². The summed E-state index contributed by atoms with van der Waals surface area (Å²) < 4.78 is 1.34. The van der Waals surface area contributed by atoms with E-state index in [4.69, 9.17) is 10.2 Å². The van der Waals surface area contributed by atoms with Crippen LogP contribution in [-0.4, -0.2) is 32.5 Å². The molecule has 7 heteroatoms. The molecule has 17 heavy (non-hydrogen) atoms. The Hall–Kier alpha value is -1.76. The quantitative estimate of drug-likeness (QED) is 0.798. The van der Waals surface area contributed by atoms with Crippen molar-refractivity contribution < 1.29 is 19.8 Å². The summed E-state index contributed by atoms with van der Waals surface area (Å²) in [5, 5.41) is 18.0. The van der Waals surface area contributed by atoms with E-state index in [1.54, 1.807) is 0 Å². The number of carbonyl (C=O) groups is 2. The molecular weight excluding hydrogens is 246 g/mol. The normalized spacial score (nSPS) is 14.1. The molecule has 1 aliphatic rings. The second kappa shape index (κ2) is 4.25. The zero-order valence-corrected chi connectivity index (χ0v) is 9.49. The van der Waals surface area contributed by atoms with Crippen molar-refractivity contribution in [1.29, 1.82) is 0 Å². The highest BCUT2D eigenvalue weighted by molar-refractivity contribution is 7.98. The summed E-state index contributed by atoms with van der Waals surface area (Å²) in [4.78, 5) is 33.7. The third kappa shape index (κ3) is 1.93. The van der Waals surface area contributed by atoms with Gasteiger partial charge in [0, 0.05) is 29.8 Å². The molecule has 1 aromatic rings. The summed E-state index contributed by atoms with van der Waals surface area (Å²) in [5.41, 5.74) is -0.873. The van der Waals surface area contributed by atoms with Crippen LogP contribution in [-0.2, 0) is 12.3 Å². The lowest BCUT2D eigenvalue weighted by Gasteiger charge is -2.20. The molecule has 1 aliphatic heterocycles. The third-order valence-electron chi connectivity index (χ3n) is 2.56. The SMILES string of the molecule is O=C(O)c1cc(=O)n2c(c1C(=O)O)CSCC2. The summed E-state index contributed by atoms with van der Waals surface area (Å²) in [6, 6.07) is 0.880. The molecule has 90 valence electrons. The van der Waals surface area contributed by atoms with Crippen molar-refractivity contribution in [3.63, 3.8) is 0 Å². The molecule has 0 saturated carbocycles. The van der Waals surface area contributed by atoms with Gasteiger partial charge in [-0.3, -0.25) is 4.79 Å². The summed E-state index contributed by atoms with van der Waals surface area (Å²) in [6.07, 6.45) is 0. The average Bonchev–Trinajstić information content (AvgIpc) is 2.28. The van der Waals surface area contributed by atoms with Gasteiger partial charge >= 0.3 is 11.9 Å². The first-order valence-corrected chi connectivity index (χ1v) is 5.99. The maximum absolute atomic E-state index is 11.7. The zero-order valence-electron chi connectivity index (χ0n) is 8.67. The molecule has 0 bridgehead atoms. The summed E-state index contributed by atoms with van der Waals surface area (Å²) in [7, 11) is 0. The first-order chi connectivity index (χ1) is 8.02. The number of carboxylic acid groups (broad SMARTS) is 2. The second-order valence-corrected chi connectivity index (χ2v) is 4.64. The maximum atomic E-state index is 11.7. The lowest BCUT2D eigenvalue weighted by Crippen LogP contribution is -2.31. The number of thioether (sulfide) groups is 1. The summed E-state index contributed by atoms with van der Waals surface area (Å²) >= 11 is 1.48. The van der Waals surface area contributed by atoms with Gasteiger partial charge in [-0.25, -0.2) is 9.59 Å². The molecule has 0 amide bonds. The molecule has 0 saturated heterocycles. The topological polar surface area (TPSA) is 96.6 Å². The van der Waals surface area contributed by atoms with Crippen molar-refractivity contribution >= 4 is 23.7 Å². The van der Waals surface area contributed by atoms with Gasteiger partial charge in [0.25, 0.3) is 5.56 Å². The minimum atomic E-state index is -1.39. The number of nitrogens with zero attached hydrogens (tertiary/aromatic N) is 1. The number of hydrogen-bond donors (Lipinski definition) is 2. The summed E-state index contributed by atoms with van der Waals surface area (Å²) in [6.45, 7) is 0.416. The minimum Gasteiger partial charge on any atom is -0.478 e. The zero-order chi connectivity index (χ0) is 12.6. The largest absolute Gasteiger partial charge is 0.478 e. The smallest absolute Gasteiger partial charge is 0.338 e. The van der Waals surface area contributed by atoms with Crippen LogP contribution < -0.4 is 5.56 Å². The molecule has 2 rings (SSSR count). The van der Waals surface area contributed by atoms with Crippen LogP contribution in [0.25, 0.3) is 0 Å². The molecule has 2 heterocycles. The van der Waals surface area contributed by atoms with E-state index in [0.717, 1.165) is 11.8 Å². The van der Waals surface area contributed by atoms with Crippen LogP contribution >= 0.6 is 11.8 Å². The van der Waals surface area contributed by atoms with Crippen LogP contribution in [0.5, 0.6) is 0 Å². The number of fused-ring (bicyclic) bond motifs is 1. The Labute approximate surface area is 99.9 Å². The Kier molecular flexibility index (Phi) is 2.93. The fourth-order valence-electron chi connectivity index (χ4n) is 1.82. The Morgan fingerprint density at radius 3 is 2.59 bits per heavy atom. The monoisotopic (exact) mass is 255 g/mol. The lowest BCUT2D eigenvalue weighted by molar-refractivity contribution is 0.0649. The van der Waals surface area contributed by atoms with Crippen LogP contribution in [0.3, 0.4) is 0 Å². The van der Waals surface area contributed by atoms with Gasteiger partial charge in [-0.15, -0.1) is 0 Å². The Morgan fingerprint density at radius 1 is 1.29 bits per heavy atom.